The van der Waals surface area contributed by atoms with Crippen LogP contribution in [0.5, 0.6) is 0 Å². The number of carbonyl (C=O) groups is 2. The van der Waals surface area contributed by atoms with E-state index >= 15 is 0 Å². The first kappa shape index (κ1) is 17.8. The maximum absolute atomic E-state index is 12.0. The molecule has 6 nitrogen and oxygen atoms in total. The number of nitrogens with zero attached hydrogens (tertiary/aromatic N) is 1. The quantitative estimate of drug-likeness (QED) is 0.700. The van der Waals surface area contributed by atoms with Crippen LogP contribution in [0.15, 0.2) is 33.7 Å². The standard InChI is InChI=1S/C19H16ClN3O3S/c20-10-5-6-13-9(7-10)8-12(16(21)24)18(26-13)23-19-15(17(22)25)11-3-1-2-4-14(11)27-19/h5-8H,1-4H2,(H2,21,24)(H2,22,25). The lowest BCUT2D eigenvalue weighted by atomic mass is 9.95. The number of hydrogen-bond donors (Lipinski definition) is 2. The molecular weight excluding hydrogens is 386 g/mol. The average molecular weight is 402 g/mol. The summed E-state index contributed by atoms with van der Waals surface area (Å²) < 4.78 is 5.81. The molecule has 1 aliphatic carbocycles. The highest BCUT2D eigenvalue weighted by Gasteiger charge is 2.24. The maximum Gasteiger partial charge on any atom is 0.254 e. The van der Waals surface area contributed by atoms with Gasteiger partial charge in [-0.2, -0.15) is 0 Å². The van der Waals surface area contributed by atoms with Crippen LogP contribution in [0.4, 0.5) is 5.00 Å². The Bertz CT molecular complexity index is 1160. The molecular formula is C19H16ClN3O3S. The van der Waals surface area contributed by atoms with Crippen LogP contribution in [-0.4, -0.2) is 11.8 Å². The minimum absolute atomic E-state index is 0.0541. The van der Waals surface area contributed by atoms with Gasteiger partial charge in [0.05, 0.1) is 5.56 Å². The van der Waals surface area contributed by atoms with E-state index in [-0.39, 0.29) is 11.1 Å². The molecule has 3 aromatic rings. The van der Waals surface area contributed by atoms with Gasteiger partial charge in [0.1, 0.15) is 16.1 Å². The number of benzene rings is 1. The highest BCUT2D eigenvalue weighted by atomic mass is 35.5. The van der Waals surface area contributed by atoms with Gasteiger partial charge in [0.2, 0.25) is 5.55 Å². The zero-order valence-electron chi connectivity index (χ0n) is 14.3. The summed E-state index contributed by atoms with van der Waals surface area (Å²) in [5, 5.41) is 1.60. The van der Waals surface area contributed by atoms with E-state index in [1.165, 1.54) is 11.3 Å². The predicted molar refractivity (Wildman–Crippen MR) is 104 cm³/mol. The van der Waals surface area contributed by atoms with Crippen molar-refractivity contribution in [2.45, 2.75) is 25.7 Å². The van der Waals surface area contributed by atoms with Gasteiger partial charge >= 0.3 is 0 Å². The Kier molecular flexibility index (Phi) is 4.49. The summed E-state index contributed by atoms with van der Waals surface area (Å²) >= 11 is 7.42. The second-order valence-corrected chi connectivity index (χ2v) is 7.90. The first-order valence-electron chi connectivity index (χ1n) is 8.46. The third-order valence-corrected chi connectivity index (χ3v) is 6.00. The fourth-order valence-corrected chi connectivity index (χ4v) is 4.78. The molecule has 2 aromatic heterocycles. The predicted octanol–water partition coefficient (Wildman–Crippen LogP) is 3.46. The molecule has 0 saturated carbocycles. The summed E-state index contributed by atoms with van der Waals surface area (Å²) in [6.07, 6.45) is 3.78. The van der Waals surface area contributed by atoms with Gasteiger partial charge < -0.3 is 15.9 Å². The first-order chi connectivity index (χ1) is 12.9. The van der Waals surface area contributed by atoms with Gasteiger partial charge in [-0.3, -0.25) is 9.59 Å². The van der Waals surface area contributed by atoms with Crippen LogP contribution in [0.25, 0.3) is 11.0 Å². The summed E-state index contributed by atoms with van der Waals surface area (Å²) in [6, 6.07) is 6.63. The van der Waals surface area contributed by atoms with Crippen LogP contribution in [0.2, 0.25) is 5.02 Å². The fraction of sp³-hybridized carbons (Fsp3) is 0.211. The van der Waals surface area contributed by atoms with Crippen molar-refractivity contribution in [3.63, 3.8) is 0 Å². The monoisotopic (exact) mass is 401 g/mol. The van der Waals surface area contributed by atoms with Crippen LogP contribution >= 0.6 is 22.9 Å². The number of thiophene rings is 1. The molecule has 8 heteroatoms. The van der Waals surface area contributed by atoms with Crippen molar-refractivity contribution in [2.75, 3.05) is 0 Å². The Hall–Kier alpha value is -2.64. The van der Waals surface area contributed by atoms with E-state index in [9.17, 15) is 9.59 Å². The average Bonchev–Trinajstić information content (AvgIpc) is 2.99. The number of amides is 2. The molecule has 1 aromatic carbocycles. The molecule has 27 heavy (non-hydrogen) atoms. The Balaban J connectivity index is 1.99. The van der Waals surface area contributed by atoms with Gasteiger partial charge in [-0.25, -0.2) is 4.99 Å². The molecule has 4 rings (SSSR count). The molecule has 0 unspecified atom stereocenters. The van der Waals surface area contributed by atoms with E-state index in [1.54, 1.807) is 24.3 Å². The van der Waals surface area contributed by atoms with E-state index in [1.807, 2.05) is 0 Å². The minimum atomic E-state index is -0.679. The second-order valence-electron chi connectivity index (χ2n) is 6.38. The lowest BCUT2D eigenvalue weighted by molar-refractivity contribution is 0.0990. The molecule has 0 spiro atoms. The van der Waals surface area contributed by atoms with Crippen molar-refractivity contribution >= 4 is 50.7 Å². The third kappa shape index (κ3) is 3.24. The number of aryl methyl sites for hydroxylation is 1. The van der Waals surface area contributed by atoms with Crippen molar-refractivity contribution in [3.05, 3.63) is 56.4 Å². The Morgan fingerprint density at radius 3 is 2.63 bits per heavy atom. The van der Waals surface area contributed by atoms with Gasteiger partial charge in [-0.15, -0.1) is 11.3 Å². The van der Waals surface area contributed by atoms with Crippen molar-refractivity contribution in [1.82, 2.24) is 0 Å². The van der Waals surface area contributed by atoms with Crippen LogP contribution in [-0.2, 0) is 12.8 Å². The number of carbonyl (C=O) groups excluding carboxylic acids is 2. The highest BCUT2D eigenvalue weighted by Crippen LogP contribution is 2.39. The Labute approximate surface area is 163 Å². The molecule has 0 aliphatic heterocycles. The van der Waals surface area contributed by atoms with E-state index < -0.39 is 11.8 Å². The summed E-state index contributed by atoms with van der Waals surface area (Å²) in [5.74, 6) is -1.21. The van der Waals surface area contributed by atoms with Crippen LogP contribution < -0.4 is 17.0 Å². The number of fused-ring (bicyclic) bond motifs is 2. The van der Waals surface area contributed by atoms with Crippen LogP contribution in [0, 0.1) is 0 Å². The van der Waals surface area contributed by atoms with Crippen molar-refractivity contribution < 1.29 is 14.0 Å². The maximum atomic E-state index is 12.0. The number of primary amides is 2. The third-order valence-electron chi connectivity index (χ3n) is 4.58. The molecule has 2 heterocycles. The minimum Gasteiger partial charge on any atom is -0.437 e. The van der Waals surface area contributed by atoms with Gasteiger partial charge in [-0.1, -0.05) is 11.6 Å². The molecule has 4 N–H and O–H groups in total. The summed E-state index contributed by atoms with van der Waals surface area (Å²) in [5.41, 5.74) is 13.2. The zero-order chi connectivity index (χ0) is 19.1. The van der Waals surface area contributed by atoms with Crippen molar-refractivity contribution in [3.8, 4) is 0 Å². The van der Waals surface area contributed by atoms with Crippen molar-refractivity contribution in [1.29, 1.82) is 0 Å². The van der Waals surface area contributed by atoms with Crippen LogP contribution in [0.1, 0.15) is 44.0 Å². The van der Waals surface area contributed by atoms with Gasteiger partial charge in [0, 0.05) is 15.3 Å². The molecule has 1 aliphatic rings. The molecule has 138 valence electrons. The molecule has 0 radical (unpaired) electrons. The topological polar surface area (TPSA) is 112 Å². The number of hydrogen-bond acceptors (Lipinski definition) is 5. The molecule has 0 atom stereocenters. The van der Waals surface area contributed by atoms with E-state index in [4.69, 9.17) is 27.5 Å². The number of rotatable bonds is 3. The van der Waals surface area contributed by atoms with Gasteiger partial charge in [-0.05, 0) is 55.5 Å². The number of nitrogens with two attached hydrogens (primary N) is 2. The lowest BCUT2D eigenvalue weighted by Gasteiger charge is -2.10. The normalized spacial score (nSPS) is 14.3. The zero-order valence-corrected chi connectivity index (χ0v) is 15.8. The summed E-state index contributed by atoms with van der Waals surface area (Å²) in [7, 11) is 0. The Morgan fingerprint density at radius 2 is 1.89 bits per heavy atom. The second kappa shape index (κ2) is 6.83. The number of halogens is 1. The van der Waals surface area contributed by atoms with E-state index in [0.29, 0.717) is 26.6 Å². The highest BCUT2D eigenvalue weighted by molar-refractivity contribution is 7.16. The van der Waals surface area contributed by atoms with Gasteiger partial charge in [0.25, 0.3) is 11.8 Å². The van der Waals surface area contributed by atoms with Gasteiger partial charge in [0.15, 0.2) is 0 Å². The van der Waals surface area contributed by atoms with Crippen LogP contribution in [0.3, 0.4) is 0 Å². The summed E-state index contributed by atoms with van der Waals surface area (Å²) in [4.78, 5) is 29.6. The van der Waals surface area contributed by atoms with E-state index in [2.05, 4.69) is 4.99 Å². The molecule has 2 amide bonds. The summed E-state index contributed by atoms with van der Waals surface area (Å²) in [6.45, 7) is 0. The molecule has 0 fully saturated rings. The SMILES string of the molecule is NC(=O)c1c(N=c2oc3ccc(Cl)cc3cc2C(N)=O)sc2c1CCCC2. The lowest BCUT2D eigenvalue weighted by Crippen LogP contribution is -2.22. The molecule has 0 saturated heterocycles. The van der Waals surface area contributed by atoms with E-state index in [0.717, 1.165) is 36.1 Å². The first-order valence-corrected chi connectivity index (χ1v) is 9.66. The van der Waals surface area contributed by atoms with Crippen molar-refractivity contribution in [2.24, 2.45) is 16.5 Å². The fourth-order valence-electron chi connectivity index (χ4n) is 3.34. The smallest absolute Gasteiger partial charge is 0.254 e. The Morgan fingerprint density at radius 1 is 1.11 bits per heavy atom. The largest absolute Gasteiger partial charge is 0.437 e. The molecule has 0 bridgehead atoms.